The van der Waals surface area contributed by atoms with Crippen LogP contribution in [0, 0.1) is 5.82 Å². The first-order chi connectivity index (χ1) is 7.13. The maximum Gasteiger partial charge on any atom is 0.127 e. The summed E-state index contributed by atoms with van der Waals surface area (Å²) in [6.07, 6.45) is 3.83. The maximum absolute atomic E-state index is 13.4. The second-order valence-electron chi connectivity index (χ2n) is 3.84. The van der Waals surface area contributed by atoms with Crippen molar-refractivity contribution < 1.29 is 4.39 Å². The van der Waals surface area contributed by atoms with Gasteiger partial charge >= 0.3 is 0 Å². The fourth-order valence-corrected chi connectivity index (χ4v) is 1.87. The molecular formula is C12H17BrFN. The molecule has 3 heteroatoms. The van der Waals surface area contributed by atoms with Crippen molar-refractivity contribution in [2.24, 2.45) is 5.73 Å². The third-order valence-corrected chi connectivity index (χ3v) is 2.92. The van der Waals surface area contributed by atoms with Crippen LogP contribution < -0.4 is 5.73 Å². The molecule has 0 aliphatic rings. The Balaban J connectivity index is 2.56. The largest absolute Gasteiger partial charge is 0.327 e. The first-order valence-electron chi connectivity index (χ1n) is 5.33. The molecule has 0 saturated carbocycles. The second kappa shape index (κ2) is 6.23. The summed E-state index contributed by atoms with van der Waals surface area (Å²) in [5.74, 6) is -0.170. The number of rotatable bonds is 5. The lowest BCUT2D eigenvalue weighted by Crippen LogP contribution is -2.23. The van der Waals surface area contributed by atoms with E-state index in [2.05, 4.69) is 22.9 Å². The van der Waals surface area contributed by atoms with Crippen LogP contribution in [0.4, 0.5) is 4.39 Å². The van der Waals surface area contributed by atoms with Crippen LogP contribution in [0.5, 0.6) is 0 Å². The molecule has 0 amide bonds. The quantitative estimate of drug-likeness (QED) is 0.871. The van der Waals surface area contributed by atoms with Gasteiger partial charge in [0.15, 0.2) is 0 Å². The van der Waals surface area contributed by atoms with Crippen molar-refractivity contribution in [2.75, 3.05) is 0 Å². The van der Waals surface area contributed by atoms with Gasteiger partial charge in [-0.1, -0.05) is 41.8 Å². The zero-order valence-corrected chi connectivity index (χ0v) is 10.6. The molecule has 0 spiro atoms. The predicted octanol–water partition coefficient (Wildman–Crippen LogP) is 3.65. The van der Waals surface area contributed by atoms with E-state index in [9.17, 15) is 4.39 Å². The Labute approximate surface area is 99.0 Å². The van der Waals surface area contributed by atoms with Crippen molar-refractivity contribution in [3.8, 4) is 0 Å². The van der Waals surface area contributed by atoms with Gasteiger partial charge in [0.2, 0.25) is 0 Å². The summed E-state index contributed by atoms with van der Waals surface area (Å²) in [5.41, 5.74) is 6.63. The minimum Gasteiger partial charge on any atom is -0.327 e. The van der Waals surface area contributed by atoms with Gasteiger partial charge in [-0.2, -0.15) is 0 Å². The van der Waals surface area contributed by atoms with E-state index < -0.39 is 0 Å². The van der Waals surface area contributed by atoms with E-state index in [0.717, 1.165) is 23.7 Å². The molecule has 0 heterocycles. The van der Waals surface area contributed by atoms with E-state index in [4.69, 9.17) is 5.73 Å². The van der Waals surface area contributed by atoms with Gasteiger partial charge in [-0.3, -0.25) is 0 Å². The smallest absolute Gasteiger partial charge is 0.127 e. The summed E-state index contributed by atoms with van der Waals surface area (Å²) in [6.45, 7) is 2.13. The van der Waals surface area contributed by atoms with Gasteiger partial charge in [-0.15, -0.1) is 0 Å². The topological polar surface area (TPSA) is 26.0 Å². The number of unbranched alkanes of at least 4 members (excludes halogenated alkanes) is 1. The highest BCUT2D eigenvalue weighted by Gasteiger charge is 2.08. The molecule has 0 aromatic heterocycles. The van der Waals surface area contributed by atoms with Crippen molar-refractivity contribution in [2.45, 2.75) is 38.6 Å². The summed E-state index contributed by atoms with van der Waals surface area (Å²) in [7, 11) is 0. The molecule has 2 N–H and O–H groups in total. The van der Waals surface area contributed by atoms with E-state index in [1.54, 1.807) is 6.07 Å². The highest BCUT2D eigenvalue weighted by Crippen LogP contribution is 2.17. The minimum atomic E-state index is -0.170. The van der Waals surface area contributed by atoms with Crippen LogP contribution >= 0.6 is 15.9 Å². The molecule has 15 heavy (non-hydrogen) atoms. The third-order valence-electron chi connectivity index (χ3n) is 2.43. The molecule has 0 aliphatic heterocycles. The predicted molar refractivity (Wildman–Crippen MR) is 65.3 cm³/mol. The minimum absolute atomic E-state index is 0.0700. The lowest BCUT2D eigenvalue weighted by Gasteiger charge is -2.11. The second-order valence-corrected chi connectivity index (χ2v) is 4.76. The fourth-order valence-electron chi connectivity index (χ4n) is 1.54. The Bertz CT molecular complexity index is 314. The molecule has 1 aromatic carbocycles. The summed E-state index contributed by atoms with van der Waals surface area (Å²) < 4.78 is 14.2. The van der Waals surface area contributed by atoms with Gasteiger partial charge < -0.3 is 5.73 Å². The molecule has 1 atom stereocenters. The van der Waals surface area contributed by atoms with Crippen molar-refractivity contribution in [3.05, 3.63) is 34.1 Å². The zero-order valence-electron chi connectivity index (χ0n) is 8.97. The van der Waals surface area contributed by atoms with Gasteiger partial charge in [-0.25, -0.2) is 4.39 Å². The van der Waals surface area contributed by atoms with Crippen LogP contribution in [0.3, 0.4) is 0 Å². The summed E-state index contributed by atoms with van der Waals surface area (Å²) >= 11 is 3.23. The van der Waals surface area contributed by atoms with E-state index >= 15 is 0 Å². The first kappa shape index (κ1) is 12.7. The van der Waals surface area contributed by atoms with Crippen LogP contribution in [0.1, 0.15) is 31.7 Å². The normalized spacial score (nSPS) is 12.8. The van der Waals surface area contributed by atoms with E-state index in [-0.39, 0.29) is 11.9 Å². The van der Waals surface area contributed by atoms with Gasteiger partial charge in [0.25, 0.3) is 0 Å². The molecular weight excluding hydrogens is 257 g/mol. The monoisotopic (exact) mass is 273 g/mol. The van der Waals surface area contributed by atoms with Gasteiger partial charge in [0, 0.05) is 10.5 Å². The Morgan fingerprint density at radius 1 is 1.47 bits per heavy atom. The fraction of sp³-hybridized carbons (Fsp3) is 0.500. The Morgan fingerprint density at radius 3 is 2.80 bits per heavy atom. The number of hydrogen-bond acceptors (Lipinski definition) is 1. The summed E-state index contributed by atoms with van der Waals surface area (Å²) in [6, 6.07) is 5.21. The average Bonchev–Trinajstić information content (AvgIpc) is 2.19. The molecule has 1 unspecified atom stereocenters. The summed E-state index contributed by atoms with van der Waals surface area (Å²) in [5, 5.41) is 0. The Hall–Kier alpha value is -0.410. The van der Waals surface area contributed by atoms with Gasteiger partial charge in [0.05, 0.1) is 0 Å². The standard InChI is InChI=1S/C12H17BrFN/c1-2-3-4-11(15)7-9-5-6-10(13)8-12(9)14/h5-6,8,11H,2-4,7,15H2,1H3. The Morgan fingerprint density at radius 2 is 2.20 bits per heavy atom. The molecule has 0 bridgehead atoms. The molecule has 1 rings (SSSR count). The number of hydrogen-bond donors (Lipinski definition) is 1. The van der Waals surface area contributed by atoms with Crippen molar-refractivity contribution in [1.82, 2.24) is 0 Å². The number of nitrogens with two attached hydrogens (primary N) is 1. The number of halogens is 2. The van der Waals surface area contributed by atoms with E-state index in [1.165, 1.54) is 6.07 Å². The third kappa shape index (κ3) is 4.31. The lowest BCUT2D eigenvalue weighted by atomic mass is 10.0. The number of benzene rings is 1. The highest BCUT2D eigenvalue weighted by molar-refractivity contribution is 9.10. The summed E-state index contributed by atoms with van der Waals surface area (Å²) in [4.78, 5) is 0. The molecule has 0 aliphatic carbocycles. The van der Waals surface area contributed by atoms with Crippen molar-refractivity contribution in [3.63, 3.8) is 0 Å². The molecule has 0 radical (unpaired) electrons. The lowest BCUT2D eigenvalue weighted by molar-refractivity contribution is 0.547. The van der Waals surface area contributed by atoms with Crippen molar-refractivity contribution >= 4 is 15.9 Å². The zero-order chi connectivity index (χ0) is 11.3. The van der Waals surface area contributed by atoms with Crippen LogP contribution in [-0.2, 0) is 6.42 Å². The SMILES string of the molecule is CCCCC(N)Cc1ccc(Br)cc1F. The molecule has 0 saturated heterocycles. The van der Waals surface area contributed by atoms with Crippen LogP contribution in [0.15, 0.2) is 22.7 Å². The Kier molecular flexibility index (Phi) is 5.26. The average molecular weight is 274 g/mol. The van der Waals surface area contributed by atoms with Gasteiger partial charge in [-0.05, 0) is 30.5 Å². The highest BCUT2D eigenvalue weighted by atomic mass is 79.9. The van der Waals surface area contributed by atoms with E-state index in [0.29, 0.717) is 12.0 Å². The molecule has 84 valence electrons. The van der Waals surface area contributed by atoms with Crippen LogP contribution in [0.2, 0.25) is 0 Å². The van der Waals surface area contributed by atoms with Crippen LogP contribution in [-0.4, -0.2) is 6.04 Å². The van der Waals surface area contributed by atoms with Gasteiger partial charge in [0.1, 0.15) is 5.82 Å². The van der Waals surface area contributed by atoms with Crippen molar-refractivity contribution in [1.29, 1.82) is 0 Å². The first-order valence-corrected chi connectivity index (χ1v) is 6.12. The van der Waals surface area contributed by atoms with E-state index in [1.807, 2.05) is 6.07 Å². The maximum atomic E-state index is 13.4. The molecule has 1 nitrogen and oxygen atoms in total. The molecule has 1 aromatic rings. The van der Waals surface area contributed by atoms with Crippen LogP contribution in [0.25, 0.3) is 0 Å². The molecule has 0 fully saturated rings.